The number of pyridine rings is 1. The van der Waals surface area contributed by atoms with E-state index in [1.165, 1.54) is 0 Å². The predicted octanol–water partition coefficient (Wildman–Crippen LogP) is 4.00. The molecule has 3 N–H and O–H groups in total. The zero-order valence-electron chi connectivity index (χ0n) is 18.6. The summed E-state index contributed by atoms with van der Waals surface area (Å²) >= 11 is 5.35. The van der Waals surface area contributed by atoms with Gasteiger partial charge < -0.3 is 15.2 Å². The molecule has 0 fully saturated rings. The molecule has 7 nitrogen and oxygen atoms in total. The fourth-order valence-electron chi connectivity index (χ4n) is 3.04. The Labute approximate surface area is 193 Å². The van der Waals surface area contributed by atoms with Crippen molar-refractivity contribution in [3.05, 3.63) is 83.3 Å². The van der Waals surface area contributed by atoms with Crippen molar-refractivity contribution in [2.75, 3.05) is 5.32 Å². The van der Waals surface area contributed by atoms with Crippen molar-refractivity contribution < 1.29 is 9.59 Å². The van der Waals surface area contributed by atoms with Crippen LogP contribution in [0.2, 0.25) is 0 Å². The summed E-state index contributed by atoms with van der Waals surface area (Å²) in [5.41, 5.74) is 2.51. The molecule has 32 heavy (non-hydrogen) atoms. The van der Waals surface area contributed by atoms with Crippen LogP contribution in [-0.2, 0) is 12.1 Å². The molecule has 2 amide bonds. The van der Waals surface area contributed by atoms with E-state index in [1.807, 2.05) is 62.6 Å². The normalized spacial score (nSPS) is 11.0. The van der Waals surface area contributed by atoms with Gasteiger partial charge in [-0.05, 0) is 70.2 Å². The summed E-state index contributed by atoms with van der Waals surface area (Å²) in [6.07, 6.45) is 3.45. The zero-order chi connectivity index (χ0) is 23.3. The lowest BCUT2D eigenvalue weighted by molar-refractivity contribution is 0.0948. The van der Waals surface area contributed by atoms with Crippen LogP contribution in [-0.4, -0.2) is 26.5 Å². The maximum absolute atomic E-state index is 12.7. The molecule has 2 heterocycles. The first-order valence-electron chi connectivity index (χ1n) is 10.2. The highest BCUT2D eigenvalue weighted by atomic mass is 32.1. The van der Waals surface area contributed by atoms with Gasteiger partial charge in [0.05, 0.1) is 17.8 Å². The summed E-state index contributed by atoms with van der Waals surface area (Å²) in [5.74, 6) is 0.0793. The number of benzene rings is 1. The summed E-state index contributed by atoms with van der Waals surface area (Å²) in [6, 6.07) is 14.5. The van der Waals surface area contributed by atoms with Gasteiger partial charge in [-0.1, -0.05) is 23.8 Å². The van der Waals surface area contributed by atoms with Crippen LogP contribution in [0.4, 0.5) is 5.82 Å². The van der Waals surface area contributed by atoms with Crippen LogP contribution < -0.4 is 16.0 Å². The van der Waals surface area contributed by atoms with E-state index in [-0.39, 0.29) is 22.5 Å². The molecule has 0 atom stereocenters. The van der Waals surface area contributed by atoms with E-state index >= 15 is 0 Å². The van der Waals surface area contributed by atoms with Crippen molar-refractivity contribution in [2.24, 2.45) is 0 Å². The smallest absolute Gasteiger partial charge is 0.257 e. The minimum atomic E-state index is -0.321. The van der Waals surface area contributed by atoms with Crippen LogP contribution in [0, 0.1) is 6.92 Å². The van der Waals surface area contributed by atoms with Gasteiger partial charge in [0.15, 0.2) is 5.11 Å². The molecule has 3 aromatic rings. The number of hydrogen-bond acceptors (Lipinski definition) is 4. The topological polar surface area (TPSA) is 88.1 Å². The first-order chi connectivity index (χ1) is 15.1. The molecular formula is C24H27N5O2S. The lowest BCUT2D eigenvalue weighted by Crippen LogP contribution is -2.35. The van der Waals surface area contributed by atoms with Crippen molar-refractivity contribution in [3.8, 4) is 0 Å². The molecule has 0 unspecified atom stereocenters. The lowest BCUT2D eigenvalue weighted by Gasteiger charge is -2.25. The number of amides is 2. The number of aryl methyl sites for hydroxylation is 1. The number of anilines is 1. The average molecular weight is 450 g/mol. The molecule has 3 rings (SSSR count). The molecule has 166 valence electrons. The molecule has 0 aliphatic heterocycles. The highest BCUT2D eigenvalue weighted by molar-refractivity contribution is 7.80. The van der Waals surface area contributed by atoms with Gasteiger partial charge >= 0.3 is 0 Å². The second-order valence-corrected chi connectivity index (χ2v) is 8.84. The summed E-state index contributed by atoms with van der Waals surface area (Å²) in [5, 5.41) is 8.76. The van der Waals surface area contributed by atoms with Gasteiger partial charge in [0.25, 0.3) is 11.8 Å². The number of thiocarbonyl (C=S) groups is 1. The molecule has 2 aromatic heterocycles. The van der Waals surface area contributed by atoms with Crippen molar-refractivity contribution in [1.82, 2.24) is 20.2 Å². The fraction of sp³-hybridized carbons (Fsp3) is 0.250. The third kappa shape index (κ3) is 6.01. The summed E-state index contributed by atoms with van der Waals surface area (Å²) < 4.78 is 1.91. The van der Waals surface area contributed by atoms with E-state index in [4.69, 9.17) is 12.2 Å². The summed E-state index contributed by atoms with van der Waals surface area (Å²) in [4.78, 5) is 29.4. The maximum Gasteiger partial charge on any atom is 0.257 e. The molecule has 0 aliphatic rings. The lowest BCUT2D eigenvalue weighted by atomic mass is 10.1. The Balaban J connectivity index is 1.71. The van der Waals surface area contributed by atoms with E-state index in [2.05, 4.69) is 20.9 Å². The Morgan fingerprint density at radius 1 is 1.03 bits per heavy atom. The van der Waals surface area contributed by atoms with Gasteiger partial charge in [-0.3, -0.25) is 19.9 Å². The number of rotatable bonds is 5. The third-order valence-electron chi connectivity index (χ3n) is 4.74. The van der Waals surface area contributed by atoms with Gasteiger partial charge in [0.2, 0.25) is 0 Å². The Hall–Kier alpha value is -3.52. The number of aromatic nitrogens is 2. The molecule has 0 spiro atoms. The van der Waals surface area contributed by atoms with E-state index < -0.39 is 0 Å². The Bertz CT molecular complexity index is 1120. The second kappa shape index (κ2) is 9.74. The van der Waals surface area contributed by atoms with E-state index in [0.29, 0.717) is 23.5 Å². The van der Waals surface area contributed by atoms with Crippen molar-refractivity contribution in [3.63, 3.8) is 0 Å². The summed E-state index contributed by atoms with van der Waals surface area (Å²) in [7, 11) is 0. The number of carbonyl (C=O) groups is 2. The monoisotopic (exact) mass is 449 g/mol. The average Bonchev–Trinajstić information content (AvgIpc) is 3.17. The van der Waals surface area contributed by atoms with Crippen LogP contribution in [0.3, 0.4) is 0 Å². The van der Waals surface area contributed by atoms with Crippen LogP contribution in [0.5, 0.6) is 0 Å². The minimum Gasteiger partial charge on any atom is -0.346 e. The van der Waals surface area contributed by atoms with Crippen LogP contribution in [0.25, 0.3) is 0 Å². The van der Waals surface area contributed by atoms with Gasteiger partial charge in [-0.15, -0.1) is 0 Å². The SMILES string of the molecule is Cc1ccc(C(=O)NC(=S)Nc2cc(C(=O)NCc3ccccn3)cn2C(C)(C)C)cc1. The van der Waals surface area contributed by atoms with Gasteiger partial charge in [-0.25, -0.2) is 0 Å². The molecule has 0 bridgehead atoms. The molecular weight excluding hydrogens is 422 g/mol. The van der Waals surface area contributed by atoms with Crippen LogP contribution in [0.15, 0.2) is 60.9 Å². The molecule has 0 aliphatic carbocycles. The van der Waals surface area contributed by atoms with E-state index in [9.17, 15) is 9.59 Å². The molecule has 0 saturated heterocycles. The highest BCUT2D eigenvalue weighted by Crippen LogP contribution is 2.24. The molecule has 8 heteroatoms. The Kier molecular flexibility index (Phi) is 7.05. The first-order valence-corrected chi connectivity index (χ1v) is 10.6. The van der Waals surface area contributed by atoms with Gasteiger partial charge in [0, 0.05) is 23.5 Å². The van der Waals surface area contributed by atoms with Crippen LogP contribution in [0.1, 0.15) is 52.7 Å². The molecule has 1 aromatic carbocycles. The highest BCUT2D eigenvalue weighted by Gasteiger charge is 2.21. The zero-order valence-corrected chi connectivity index (χ0v) is 19.4. The second-order valence-electron chi connectivity index (χ2n) is 8.43. The Morgan fingerprint density at radius 2 is 1.75 bits per heavy atom. The van der Waals surface area contributed by atoms with Crippen molar-refractivity contribution in [1.29, 1.82) is 0 Å². The quantitative estimate of drug-likeness (QED) is 0.513. The largest absolute Gasteiger partial charge is 0.346 e. The molecule has 0 saturated carbocycles. The number of hydrogen-bond donors (Lipinski definition) is 3. The minimum absolute atomic E-state index is 0.152. The van der Waals surface area contributed by atoms with Gasteiger partial charge in [0.1, 0.15) is 5.82 Å². The third-order valence-corrected chi connectivity index (χ3v) is 4.95. The molecule has 0 radical (unpaired) electrons. The van der Waals surface area contributed by atoms with Crippen molar-refractivity contribution in [2.45, 2.75) is 39.8 Å². The number of nitrogens with one attached hydrogen (secondary N) is 3. The van der Waals surface area contributed by atoms with Gasteiger partial charge in [-0.2, -0.15) is 0 Å². The Morgan fingerprint density at radius 3 is 2.38 bits per heavy atom. The van der Waals surface area contributed by atoms with E-state index in [0.717, 1.165) is 11.3 Å². The summed E-state index contributed by atoms with van der Waals surface area (Å²) in [6.45, 7) is 8.33. The van der Waals surface area contributed by atoms with Crippen molar-refractivity contribution >= 4 is 35.0 Å². The van der Waals surface area contributed by atoms with Crippen LogP contribution >= 0.6 is 12.2 Å². The maximum atomic E-state index is 12.7. The number of carbonyl (C=O) groups excluding carboxylic acids is 2. The first kappa shape index (κ1) is 23.1. The predicted molar refractivity (Wildman–Crippen MR) is 130 cm³/mol. The standard InChI is InChI=1S/C24H27N5O2S/c1-16-8-10-17(11-9-16)22(31)28-23(32)27-20-13-18(15-29(20)24(2,3)4)21(30)26-14-19-7-5-6-12-25-19/h5-13,15H,14H2,1-4H3,(H,26,30)(H2,27,28,31,32). The van der Waals surface area contributed by atoms with E-state index in [1.54, 1.807) is 30.6 Å². The number of nitrogens with zero attached hydrogens (tertiary/aromatic N) is 2. The fourth-order valence-corrected chi connectivity index (χ4v) is 3.24.